The van der Waals surface area contributed by atoms with E-state index < -0.39 is 0 Å². The number of nitrogens with zero attached hydrogens (tertiary/aromatic N) is 4. The van der Waals surface area contributed by atoms with E-state index in [0.29, 0.717) is 5.91 Å². The predicted molar refractivity (Wildman–Crippen MR) is 117 cm³/mol. The van der Waals surface area contributed by atoms with Gasteiger partial charge in [0.1, 0.15) is 5.82 Å². The van der Waals surface area contributed by atoms with Crippen LogP contribution in [0.5, 0.6) is 0 Å². The number of rotatable bonds is 3. The first-order valence-electron chi connectivity index (χ1n) is 10.8. The monoisotopic (exact) mass is 388 g/mol. The second-order valence-electron chi connectivity index (χ2n) is 8.35. The highest BCUT2D eigenvalue weighted by Crippen LogP contribution is 2.30. The Morgan fingerprint density at radius 3 is 2.66 bits per heavy atom. The first-order valence-corrected chi connectivity index (χ1v) is 10.8. The molecule has 2 fully saturated rings. The third kappa shape index (κ3) is 3.39. The van der Waals surface area contributed by atoms with Gasteiger partial charge >= 0.3 is 0 Å². The second-order valence-corrected chi connectivity index (χ2v) is 8.35. The maximum atomic E-state index is 12.9. The quantitative estimate of drug-likeness (QED) is 0.679. The Bertz CT molecular complexity index is 1030. The van der Waals surface area contributed by atoms with E-state index in [1.165, 1.54) is 5.69 Å². The molecule has 1 unspecified atom stereocenters. The van der Waals surface area contributed by atoms with Gasteiger partial charge < -0.3 is 14.4 Å². The second kappa shape index (κ2) is 7.54. The minimum atomic E-state index is 0.126. The van der Waals surface area contributed by atoms with Gasteiger partial charge in [0.05, 0.1) is 17.0 Å². The number of piperidine rings is 1. The Morgan fingerprint density at radius 2 is 1.83 bits per heavy atom. The van der Waals surface area contributed by atoms with Gasteiger partial charge in [0.2, 0.25) is 5.91 Å². The van der Waals surface area contributed by atoms with Crippen molar-refractivity contribution in [2.75, 3.05) is 31.1 Å². The van der Waals surface area contributed by atoms with E-state index in [0.717, 1.165) is 74.3 Å². The summed E-state index contributed by atoms with van der Waals surface area (Å²) in [6.45, 7) is 3.71. The minimum Gasteiger partial charge on any atom is -0.371 e. The van der Waals surface area contributed by atoms with Crippen LogP contribution in [0.1, 0.15) is 25.7 Å². The summed E-state index contributed by atoms with van der Waals surface area (Å²) in [5.41, 5.74) is 4.47. The van der Waals surface area contributed by atoms with Crippen LogP contribution in [0.3, 0.4) is 0 Å². The fraction of sp³-hybridized carbons (Fsp3) is 0.417. The fourth-order valence-electron chi connectivity index (χ4n) is 4.85. The molecule has 5 nitrogen and oxygen atoms in total. The summed E-state index contributed by atoms with van der Waals surface area (Å²) in [4.78, 5) is 22.2. The SMILES string of the molecule is Cn1c(-c2cccc(N3CCCC(C(=O)N4CCCC4)C3)c2)nc2ccccc21. The zero-order chi connectivity index (χ0) is 19.8. The topological polar surface area (TPSA) is 41.4 Å². The number of fused-ring (bicyclic) bond motifs is 1. The number of carbonyl (C=O) groups is 1. The molecule has 2 aliphatic heterocycles. The van der Waals surface area contributed by atoms with Gasteiger partial charge in [-0.2, -0.15) is 0 Å². The Hall–Kier alpha value is -2.82. The third-order valence-electron chi connectivity index (χ3n) is 6.45. The number of aryl methyl sites for hydroxylation is 1. The van der Waals surface area contributed by atoms with Crippen molar-refractivity contribution in [3.63, 3.8) is 0 Å². The Morgan fingerprint density at radius 1 is 1.00 bits per heavy atom. The highest BCUT2D eigenvalue weighted by molar-refractivity contribution is 5.82. The molecule has 0 radical (unpaired) electrons. The van der Waals surface area contributed by atoms with E-state index in [4.69, 9.17) is 4.98 Å². The summed E-state index contributed by atoms with van der Waals surface area (Å²) in [6.07, 6.45) is 4.39. The molecule has 1 aromatic heterocycles. The highest BCUT2D eigenvalue weighted by atomic mass is 16.2. The summed E-state index contributed by atoms with van der Waals surface area (Å²) < 4.78 is 2.16. The number of anilines is 1. The molecule has 3 aromatic rings. The number of aromatic nitrogens is 2. The molecule has 0 bridgehead atoms. The first-order chi connectivity index (χ1) is 14.2. The van der Waals surface area contributed by atoms with Crippen molar-refractivity contribution < 1.29 is 4.79 Å². The van der Waals surface area contributed by atoms with Crippen LogP contribution in [0.25, 0.3) is 22.4 Å². The lowest BCUT2D eigenvalue weighted by Gasteiger charge is -2.35. The molecular weight excluding hydrogens is 360 g/mol. The van der Waals surface area contributed by atoms with Crippen molar-refractivity contribution in [3.05, 3.63) is 48.5 Å². The number of benzene rings is 2. The van der Waals surface area contributed by atoms with E-state index in [1.54, 1.807) is 0 Å². The molecule has 150 valence electrons. The summed E-state index contributed by atoms with van der Waals surface area (Å²) in [5, 5.41) is 0. The molecule has 2 aromatic carbocycles. The molecule has 5 heteroatoms. The molecule has 3 heterocycles. The summed E-state index contributed by atoms with van der Waals surface area (Å²) in [7, 11) is 2.07. The molecule has 29 heavy (non-hydrogen) atoms. The van der Waals surface area contributed by atoms with Crippen molar-refractivity contribution in [2.45, 2.75) is 25.7 Å². The van der Waals surface area contributed by atoms with Crippen LogP contribution in [0.15, 0.2) is 48.5 Å². The Balaban J connectivity index is 1.40. The molecular formula is C24H28N4O. The molecule has 0 saturated carbocycles. The number of amides is 1. The Labute approximate surface area is 171 Å². The number of hydrogen-bond donors (Lipinski definition) is 0. The average molecular weight is 389 g/mol. The molecule has 1 amide bonds. The summed E-state index contributed by atoms with van der Waals surface area (Å²) >= 11 is 0. The normalized spacial score (nSPS) is 19.8. The van der Waals surface area contributed by atoms with Crippen LogP contribution in [-0.2, 0) is 11.8 Å². The van der Waals surface area contributed by atoms with Crippen molar-refractivity contribution in [2.24, 2.45) is 13.0 Å². The highest BCUT2D eigenvalue weighted by Gasteiger charge is 2.30. The molecule has 0 aliphatic carbocycles. The lowest BCUT2D eigenvalue weighted by Crippen LogP contribution is -2.44. The van der Waals surface area contributed by atoms with Crippen LogP contribution in [-0.4, -0.2) is 46.5 Å². The maximum Gasteiger partial charge on any atom is 0.227 e. The number of hydrogen-bond acceptors (Lipinski definition) is 3. The van der Waals surface area contributed by atoms with Gasteiger partial charge in [-0.15, -0.1) is 0 Å². The van der Waals surface area contributed by atoms with Gasteiger partial charge in [-0.05, 0) is 49.9 Å². The van der Waals surface area contributed by atoms with Crippen LogP contribution in [0.4, 0.5) is 5.69 Å². The molecule has 0 spiro atoms. The largest absolute Gasteiger partial charge is 0.371 e. The summed E-state index contributed by atoms with van der Waals surface area (Å²) in [6, 6.07) is 16.9. The third-order valence-corrected chi connectivity index (χ3v) is 6.45. The van der Waals surface area contributed by atoms with Crippen LogP contribution in [0.2, 0.25) is 0 Å². The lowest BCUT2D eigenvalue weighted by atomic mass is 9.96. The lowest BCUT2D eigenvalue weighted by molar-refractivity contribution is -0.134. The van der Waals surface area contributed by atoms with E-state index >= 15 is 0 Å². The van der Waals surface area contributed by atoms with Crippen LogP contribution >= 0.6 is 0 Å². The van der Waals surface area contributed by atoms with Gasteiger partial charge in [-0.3, -0.25) is 4.79 Å². The van der Waals surface area contributed by atoms with Gasteiger partial charge in [0.15, 0.2) is 0 Å². The van der Waals surface area contributed by atoms with Crippen LogP contribution in [0, 0.1) is 5.92 Å². The standard InChI is InChI=1S/C24H28N4O/c1-26-22-12-3-2-11-21(22)25-23(26)18-8-6-10-20(16-18)28-15-7-9-19(17-28)24(29)27-13-4-5-14-27/h2-3,6,8,10-12,16,19H,4-5,7,9,13-15,17H2,1H3. The van der Waals surface area contributed by atoms with Gasteiger partial charge in [0.25, 0.3) is 0 Å². The fourth-order valence-corrected chi connectivity index (χ4v) is 4.85. The number of imidazole rings is 1. The maximum absolute atomic E-state index is 12.9. The molecule has 2 saturated heterocycles. The zero-order valence-corrected chi connectivity index (χ0v) is 17.1. The van der Waals surface area contributed by atoms with E-state index in [-0.39, 0.29) is 5.92 Å². The predicted octanol–water partition coefficient (Wildman–Crippen LogP) is 4.08. The molecule has 1 atom stereocenters. The average Bonchev–Trinajstić information content (AvgIpc) is 3.42. The van der Waals surface area contributed by atoms with E-state index in [9.17, 15) is 4.79 Å². The number of likely N-dealkylation sites (tertiary alicyclic amines) is 1. The van der Waals surface area contributed by atoms with Crippen molar-refractivity contribution in [3.8, 4) is 11.4 Å². The smallest absolute Gasteiger partial charge is 0.227 e. The van der Waals surface area contributed by atoms with E-state index in [1.807, 2.05) is 6.07 Å². The van der Waals surface area contributed by atoms with Crippen molar-refractivity contribution >= 4 is 22.6 Å². The van der Waals surface area contributed by atoms with Crippen molar-refractivity contribution in [1.82, 2.24) is 14.5 Å². The Kier molecular flexibility index (Phi) is 4.74. The molecule has 0 N–H and O–H groups in total. The number of carbonyl (C=O) groups excluding carboxylic acids is 1. The number of para-hydroxylation sites is 2. The molecule has 5 rings (SSSR count). The van der Waals surface area contributed by atoms with Gasteiger partial charge in [-0.25, -0.2) is 4.98 Å². The first kappa shape index (κ1) is 18.2. The molecule has 2 aliphatic rings. The summed E-state index contributed by atoms with van der Waals surface area (Å²) in [5.74, 6) is 1.47. The van der Waals surface area contributed by atoms with E-state index in [2.05, 4.69) is 63.9 Å². The zero-order valence-electron chi connectivity index (χ0n) is 17.1. The minimum absolute atomic E-state index is 0.126. The van der Waals surface area contributed by atoms with Gasteiger partial charge in [0, 0.05) is 44.5 Å². The van der Waals surface area contributed by atoms with Crippen LogP contribution < -0.4 is 4.90 Å². The van der Waals surface area contributed by atoms with Crippen molar-refractivity contribution in [1.29, 1.82) is 0 Å². The van der Waals surface area contributed by atoms with Gasteiger partial charge in [-0.1, -0.05) is 24.3 Å².